The molecule has 3 N–H and O–H groups in total. The number of carbonyl (C=O) groups is 1. The van der Waals surface area contributed by atoms with Crippen LogP contribution in [0, 0.1) is 0 Å². The van der Waals surface area contributed by atoms with Crippen LogP contribution < -0.4 is 0 Å². The molecule has 0 fully saturated rings. The zero-order chi connectivity index (χ0) is 10.6. The second-order valence-corrected chi connectivity index (χ2v) is 2.91. The number of aliphatic hydroxyl groups is 3. The van der Waals surface area contributed by atoms with Crippen molar-refractivity contribution in [3.63, 3.8) is 0 Å². The van der Waals surface area contributed by atoms with E-state index < -0.39 is 24.5 Å². The van der Waals surface area contributed by atoms with E-state index >= 15 is 0 Å². The number of esters is 1. The summed E-state index contributed by atoms with van der Waals surface area (Å²) in [7, 11) is 0. The smallest absolute Gasteiger partial charge is 0.333 e. The van der Waals surface area contributed by atoms with Crippen LogP contribution in [-0.4, -0.2) is 39.8 Å². The van der Waals surface area contributed by atoms with Gasteiger partial charge < -0.3 is 20.1 Å². The van der Waals surface area contributed by atoms with E-state index in [4.69, 9.17) is 15.3 Å². The van der Waals surface area contributed by atoms with Crippen molar-refractivity contribution in [2.24, 2.45) is 0 Å². The Kier molecular flexibility index (Phi) is 4.06. The number of aliphatic hydroxyl groups excluding tert-OH is 1. The van der Waals surface area contributed by atoms with E-state index in [-0.39, 0.29) is 5.57 Å². The van der Waals surface area contributed by atoms with E-state index in [0.717, 1.165) is 0 Å². The summed E-state index contributed by atoms with van der Waals surface area (Å²) in [6, 6.07) is 0. The minimum atomic E-state index is -2.41. The van der Waals surface area contributed by atoms with E-state index in [2.05, 4.69) is 11.3 Å². The van der Waals surface area contributed by atoms with Crippen LogP contribution in [-0.2, 0) is 9.53 Å². The summed E-state index contributed by atoms with van der Waals surface area (Å²) in [5.41, 5.74) is 0.154. The maximum absolute atomic E-state index is 10.8. The highest BCUT2D eigenvalue weighted by molar-refractivity contribution is 5.86. The van der Waals surface area contributed by atoms with Crippen molar-refractivity contribution in [2.45, 2.75) is 25.7 Å². The monoisotopic (exact) mass is 190 g/mol. The first-order valence-electron chi connectivity index (χ1n) is 3.73. The average molecular weight is 190 g/mol. The third-order valence-electron chi connectivity index (χ3n) is 1.43. The van der Waals surface area contributed by atoms with Crippen LogP contribution in [0.25, 0.3) is 0 Å². The Morgan fingerprint density at radius 1 is 1.62 bits per heavy atom. The quantitative estimate of drug-likeness (QED) is 0.306. The fourth-order valence-electron chi connectivity index (χ4n) is 0.416. The van der Waals surface area contributed by atoms with Crippen molar-refractivity contribution in [1.82, 2.24) is 0 Å². The van der Waals surface area contributed by atoms with Gasteiger partial charge >= 0.3 is 5.97 Å². The molecule has 0 spiro atoms. The molecular weight excluding hydrogens is 176 g/mol. The van der Waals surface area contributed by atoms with Crippen LogP contribution in [0.5, 0.6) is 0 Å². The van der Waals surface area contributed by atoms with Gasteiger partial charge in [-0.05, 0) is 13.8 Å². The first-order valence-corrected chi connectivity index (χ1v) is 3.73. The molecule has 0 aromatic heterocycles. The van der Waals surface area contributed by atoms with E-state index in [1.165, 1.54) is 13.8 Å². The normalized spacial score (nSPS) is 13.6. The lowest BCUT2D eigenvalue weighted by Crippen LogP contribution is -2.45. The number of carbonyl (C=O) groups excluding carboxylic acids is 1. The molecule has 13 heavy (non-hydrogen) atoms. The van der Waals surface area contributed by atoms with Crippen LogP contribution >= 0.6 is 0 Å². The van der Waals surface area contributed by atoms with Crippen molar-refractivity contribution in [1.29, 1.82) is 0 Å². The molecule has 0 aromatic carbocycles. The summed E-state index contributed by atoms with van der Waals surface area (Å²) < 4.78 is 4.43. The topological polar surface area (TPSA) is 87.0 Å². The fourth-order valence-corrected chi connectivity index (χ4v) is 0.416. The molecule has 76 valence electrons. The maximum Gasteiger partial charge on any atom is 0.333 e. The predicted molar refractivity (Wildman–Crippen MR) is 44.6 cm³/mol. The molecule has 5 nitrogen and oxygen atoms in total. The van der Waals surface area contributed by atoms with Gasteiger partial charge in [0, 0.05) is 5.57 Å². The van der Waals surface area contributed by atoms with Crippen molar-refractivity contribution >= 4 is 5.97 Å². The highest BCUT2D eigenvalue weighted by atomic mass is 16.6. The van der Waals surface area contributed by atoms with Gasteiger partial charge in [0.05, 0.1) is 0 Å². The third-order valence-corrected chi connectivity index (χ3v) is 1.43. The third kappa shape index (κ3) is 4.02. The van der Waals surface area contributed by atoms with E-state index in [1.807, 2.05) is 0 Å². The van der Waals surface area contributed by atoms with Gasteiger partial charge in [-0.25, -0.2) is 4.79 Å². The predicted octanol–water partition coefficient (Wildman–Crippen LogP) is -0.833. The molecule has 5 heteroatoms. The number of ether oxygens (including phenoxy) is 1. The first kappa shape index (κ1) is 12.1. The Balaban J connectivity index is 4.02. The Labute approximate surface area is 76.3 Å². The first-order chi connectivity index (χ1) is 5.77. The van der Waals surface area contributed by atoms with Gasteiger partial charge in [-0.3, -0.25) is 0 Å². The van der Waals surface area contributed by atoms with E-state index in [9.17, 15) is 4.79 Å². The molecule has 0 saturated carbocycles. The van der Waals surface area contributed by atoms with E-state index in [1.54, 1.807) is 0 Å². The minimum Gasteiger partial charge on any atom is -0.457 e. The Morgan fingerprint density at radius 2 is 2.08 bits per heavy atom. The number of hydrogen-bond donors (Lipinski definition) is 3. The van der Waals surface area contributed by atoms with Crippen molar-refractivity contribution in [2.75, 3.05) is 6.61 Å². The van der Waals surface area contributed by atoms with Crippen LogP contribution in [0.15, 0.2) is 12.2 Å². The van der Waals surface area contributed by atoms with E-state index in [0.29, 0.717) is 0 Å². The molecule has 0 aliphatic heterocycles. The maximum atomic E-state index is 10.8. The summed E-state index contributed by atoms with van der Waals surface area (Å²) in [6.07, 6.45) is -1.40. The lowest BCUT2D eigenvalue weighted by Gasteiger charge is -2.23. The molecule has 0 bridgehead atoms. The average Bonchev–Trinajstić information content (AvgIpc) is 1.99. The van der Waals surface area contributed by atoms with Crippen molar-refractivity contribution < 1.29 is 24.9 Å². The van der Waals surface area contributed by atoms with Gasteiger partial charge in [0.1, 0.15) is 12.7 Å². The van der Waals surface area contributed by atoms with Crippen LogP contribution in [0.3, 0.4) is 0 Å². The molecule has 0 rings (SSSR count). The summed E-state index contributed by atoms with van der Waals surface area (Å²) in [5.74, 6) is -3.14. The van der Waals surface area contributed by atoms with Crippen LogP contribution in [0.2, 0.25) is 0 Å². The molecule has 1 atom stereocenters. The molecule has 0 radical (unpaired) electrons. The Hall–Kier alpha value is -0.910. The molecule has 0 saturated heterocycles. The molecule has 0 aromatic rings. The van der Waals surface area contributed by atoms with Gasteiger partial charge in [0.15, 0.2) is 0 Å². The highest BCUT2D eigenvalue weighted by Crippen LogP contribution is 2.07. The van der Waals surface area contributed by atoms with Gasteiger partial charge in [-0.1, -0.05) is 6.58 Å². The van der Waals surface area contributed by atoms with Crippen molar-refractivity contribution in [3.8, 4) is 0 Å². The molecule has 0 aliphatic carbocycles. The second kappa shape index (κ2) is 4.36. The standard InChI is InChI=1S/C8H14O5/c1-5(2)7(10)13-4-8(11,12)6(3)9/h6,9,11-12H,1,4H2,2-3H3. The fraction of sp³-hybridized carbons (Fsp3) is 0.625. The van der Waals surface area contributed by atoms with Gasteiger partial charge in [0.25, 0.3) is 0 Å². The number of hydrogen-bond acceptors (Lipinski definition) is 5. The summed E-state index contributed by atoms with van der Waals surface area (Å²) in [4.78, 5) is 10.8. The summed E-state index contributed by atoms with van der Waals surface area (Å²) in [5, 5.41) is 26.9. The molecule has 0 aliphatic rings. The van der Waals surface area contributed by atoms with Crippen LogP contribution in [0.4, 0.5) is 0 Å². The number of rotatable bonds is 4. The SMILES string of the molecule is C=C(C)C(=O)OCC(O)(O)C(C)O. The van der Waals surface area contributed by atoms with Gasteiger partial charge in [-0.15, -0.1) is 0 Å². The Morgan fingerprint density at radius 3 is 2.38 bits per heavy atom. The lowest BCUT2D eigenvalue weighted by molar-refractivity contribution is -0.243. The lowest BCUT2D eigenvalue weighted by atomic mass is 10.2. The summed E-state index contributed by atoms with van der Waals surface area (Å²) in [6.45, 7) is 5.22. The van der Waals surface area contributed by atoms with Crippen LogP contribution in [0.1, 0.15) is 13.8 Å². The molecular formula is C8H14O5. The zero-order valence-electron chi connectivity index (χ0n) is 7.65. The van der Waals surface area contributed by atoms with Gasteiger partial charge in [0.2, 0.25) is 5.79 Å². The minimum absolute atomic E-state index is 0.154. The zero-order valence-corrected chi connectivity index (χ0v) is 7.65. The highest BCUT2D eigenvalue weighted by Gasteiger charge is 2.31. The second-order valence-electron chi connectivity index (χ2n) is 2.91. The van der Waals surface area contributed by atoms with Gasteiger partial charge in [-0.2, -0.15) is 0 Å². The largest absolute Gasteiger partial charge is 0.457 e. The summed E-state index contributed by atoms with van der Waals surface area (Å²) >= 11 is 0. The Bertz CT molecular complexity index is 207. The molecule has 0 heterocycles. The molecule has 0 amide bonds. The van der Waals surface area contributed by atoms with Crippen molar-refractivity contribution in [3.05, 3.63) is 12.2 Å². The molecule has 1 unspecified atom stereocenters.